The molecule has 0 spiro atoms. The highest BCUT2D eigenvalue weighted by Gasteiger charge is 2.04. The molecule has 0 bridgehead atoms. The molecule has 0 saturated carbocycles. The summed E-state index contributed by atoms with van der Waals surface area (Å²) in [6.45, 7) is 2.01. The Kier molecular flexibility index (Phi) is 2.88. The van der Waals surface area contributed by atoms with Crippen LogP contribution >= 0.6 is 31.9 Å². The van der Waals surface area contributed by atoms with Gasteiger partial charge >= 0.3 is 0 Å². The topological polar surface area (TPSA) is 12.9 Å². The van der Waals surface area contributed by atoms with Crippen LogP contribution in [-0.4, -0.2) is 4.98 Å². The third-order valence-corrected chi connectivity index (χ3v) is 3.47. The Balaban J connectivity index is 2.85. The Labute approximate surface area is 99.8 Å². The number of rotatable bonds is 1. The molecule has 72 valence electrons. The van der Waals surface area contributed by atoms with Gasteiger partial charge in [0.1, 0.15) is 0 Å². The average molecular weight is 315 g/mol. The summed E-state index contributed by atoms with van der Waals surface area (Å²) in [6, 6.07) is 8.29. The van der Waals surface area contributed by atoms with E-state index in [1.807, 2.05) is 13.0 Å². The molecule has 1 aromatic heterocycles. The quantitative estimate of drug-likeness (QED) is 0.719. The molecule has 3 heteroatoms. The number of aryl methyl sites for hydroxylation is 1. The maximum absolute atomic E-state index is 4.55. The van der Waals surface area contributed by atoms with Crippen molar-refractivity contribution < 1.29 is 0 Å². The predicted molar refractivity (Wildman–Crippen MR) is 66.8 cm³/mol. The van der Waals surface area contributed by atoms with Crippen molar-refractivity contribution in [1.29, 1.82) is 0 Å². The lowest BCUT2D eigenvalue weighted by Crippen LogP contribution is -1.89. The summed E-state index contributed by atoms with van der Waals surface area (Å²) < 4.78 is 1.10. The van der Waals surface area contributed by atoms with Crippen LogP contribution in [0.15, 0.2) is 28.7 Å². The van der Waals surface area contributed by atoms with Gasteiger partial charge in [-0.3, -0.25) is 4.98 Å². The third-order valence-electron chi connectivity index (χ3n) is 2.17. The van der Waals surface area contributed by atoms with Crippen molar-refractivity contribution >= 4 is 42.8 Å². The van der Waals surface area contributed by atoms with Crippen LogP contribution in [0.5, 0.6) is 0 Å². The number of aromatic nitrogens is 1. The summed E-state index contributed by atoms with van der Waals surface area (Å²) in [6.07, 6.45) is 0. The van der Waals surface area contributed by atoms with E-state index >= 15 is 0 Å². The number of hydrogen-bond donors (Lipinski definition) is 0. The van der Waals surface area contributed by atoms with E-state index < -0.39 is 0 Å². The van der Waals surface area contributed by atoms with Gasteiger partial charge in [-0.25, -0.2) is 0 Å². The minimum atomic E-state index is 0.841. The molecule has 0 radical (unpaired) electrons. The van der Waals surface area contributed by atoms with Crippen LogP contribution in [0.3, 0.4) is 0 Å². The van der Waals surface area contributed by atoms with Crippen molar-refractivity contribution in [2.45, 2.75) is 12.3 Å². The molecule has 14 heavy (non-hydrogen) atoms. The molecule has 1 aromatic carbocycles. The zero-order chi connectivity index (χ0) is 10.1. The fourth-order valence-corrected chi connectivity index (χ4v) is 2.35. The maximum Gasteiger partial charge on any atom is 0.0756 e. The van der Waals surface area contributed by atoms with E-state index in [-0.39, 0.29) is 0 Å². The lowest BCUT2D eigenvalue weighted by Gasteiger charge is -2.05. The lowest BCUT2D eigenvalue weighted by molar-refractivity contribution is 1.24. The molecular weight excluding hydrogens is 306 g/mol. The van der Waals surface area contributed by atoms with E-state index in [1.54, 1.807) is 0 Å². The van der Waals surface area contributed by atoms with Gasteiger partial charge in [0.25, 0.3) is 0 Å². The Morgan fingerprint density at radius 3 is 2.71 bits per heavy atom. The van der Waals surface area contributed by atoms with Crippen LogP contribution in [0, 0.1) is 6.92 Å². The number of alkyl halides is 1. The molecule has 0 aliphatic heterocycles. The SMILES string of the molecule is Cc1ccc2c(Br)ccc(CBr)c2n1. The first-order valence-electron chi connectivity index (χ1n) is 4.33. The second-order valence-electron chi connectivity index (χ2n) is 3.19. The highest BCUT2D eigenvalue weighted by molar-refractivity contribution is 9.10. The van der Waals surface area contributed by atoms with E-state index in [4.69, 9.17) is 0 Å². The van der Waals surface area contributed by atoms with Crippen molar-refractivity contribution in [3.8, 4) is 0 Å². The summed E-state index contributed by atoms with van der Waals surface area (Å²) in [4.78, 5) is 4.55. The first-order chi connectivity index (χ1) is 6.72. The summed E-state index contributed by atoms with van der Waals surface area (Å²) >= 11 is 7.00. The van der Waals surface area contributed by atoms with Gasteiger partial charge in [0.05, 0.1) is 5.52 Å². The van der Waals surface area contributed by atoms with Crippen LogP contribution in [0.2, 0.25) is 0 Å². The second kappa shape index (κ2) is 3.99. The first-order valence-corrected chi connectivity index (χ1v) is 6.24. The summed E-state index contributed by atoms with van der Waals surface area (Å²) in [5.74, 6) is 0. The van der Waals surface area contributed by atoms with Crippen LogP contribution in [-0.2, 0) is 5.33 Å². The van der Waals surface area contributed by atoms with E-state index in [1.165, 1.54) is 10.9 Å². The highest BCUT2D eigenvalue weighted by atomic mass is 79.9. The third kappa shape index (κ3) is 1.71. The van der Waals surface area contributed by atoms with Crippen LogP contribution in [0.4, 0.5) is 0 Å². The fourth-order valence-electron chi connectivity index (χ4n) is 1.44. The number of pyridine rings is 1. The van der Waals surface area contributed by atoms with Gasteiger partial charge in [0, 0.05) is 20.9 Å². The lowest BCUT2D eigenvalue weighted by atomic mass is 10.1. The van der Waals surface area contributed by atoms with Gasteiger partial charge < -0.3 is 0 Å². The maximum atomic E-state index is 4.55. The zero-order valence-corrected chi connectivity index (χ0v) is 10.9. The molecule has 0 unspecified atom stereocenters. The predicted octanol–water partition coefficient (Wildman–Crippen LogP) is 4.20. The molecular formula is C11H9Br2N. The standard InChI is InChI=1S/C11H9Br2N/c1-7-2-4-9-10(13)5-3-8(6-12)11(9)14-7/h2-5H,6H2,1H3. The molecule has 0 fully saturated rings. The smallest absolute Gasteiger partial charge is 0.0756 e. The fraction of sp³-hybridized carbons (Fsp3) is 0.182. The van der Waals surface area contributed by atoms with Crippen LogP contribution < -0.4 is 0 Å². The molecule has 1 nitrogen and oxygen atoms in total. The Hall–Kier alpha value is -0.410. The van der Waals surface area contributed by atoms with Crippen LogP contribution in [0.1, 0.15) is 11.3 Å². The largest absolute Gasteiger partial charge is 0.253 e. The van der Waals surface area contributed by atoms with E-state index in [9.17, 15) is 0 Å². The van der Waals surface area contributed by atoms with Gasteiger partial charge in [-0.15, -0.1) is 0 Å². The molecule has 0 aliphatic rings. The monoisotopic (exact) mass is 313 g/mol. The highest BCUT2D eigenvalue weighted by Crippen LogP contribution is 2.26. The number of hydrogen-bond acceptors (Lipinski definition) is 1. The number of fused-ring (bicyclic) bond motifs is 1. The van der Waals surface area contributed by atoms with Crippen molar-refractivity contribution in [3.05, 3.63) is 40.0 Å². The molecule has 0 amide bonds. The molecule has 0 aliphatic carbocycles. The van der Waals surface area contributed by atoms with Gasteiger partial charge in [-0.2, -0.15) is 0 Å². The van der Waals surface area contributed by atoms with E-state index in [0.29, 0.717) is 0 Å². The normalized spacial score (nSPS) is 10.8. The zero-order valence-electron chi connectivity index (χ0n) is 7.72. The van der Waals surface area contributed by atoms with Gasteiger partial charge in [0.2, 0.25) is 0 Å². The van der Waals surface area contributed by atoms with Crippen molar-refractivity contribution in [3.63, 3.8) is 0 Å². The molecule has 2 rings (SSSR count). The van der Waals surface area contributed by atoms with E-state index in [2.05, 4.69) is 55.0 Å². The van der Waals surface area contributed by atoms with Crippen molar-refractivity contribution in [2.75, 3.05) is 0 Å². The number of halogens is 2. The van der Waals surface area contributed by atoms with Crippen LogP contribution in [0.25, 0.3) is 10.9 Å². The minimum Gasteiger partial charge on any atom is -0.253 e. The van der Waals surface area contributed by atoms with Gasteiger partial charge in [0.15, 0.2) is 0 Å². The Morgan fingerprint density at radius 2 is 2.00 bits per heavy atom. The average Bonchev–Trinajstić information content (AvgIpc) is 2.18. The molecule has 0 N–H and O–H groups in total. The first kappa shape index (κ1) is 10.1. The Morgan fingerprint density at radius 1 is 1.21 bits per heavy atom. The summed E-state index contributed by atoms with van der Waals surface area (Å²) in [7, 11) is 0. The molecule has 0 atom stereocenters. The van der Waals surface area contributed by atoms with Crippen molar-refractivity contribution in [2.24, 2.45) is 0 Å². The van der Waals surface area contributed by atoms with Gasteiger partial charge in [-0.05, 0) is 30.7 Å². The minimum absolute atomic E-state index is 0.841. The molecule has 1 heterocycles. The summed E-state index contributed by atoms with van der Waals surface area (Å²) in [5, 5.41) is 2.01. The van der Waals surface area contributed by atoms with Crippen molar-refractivity contribution in [1.82, 2.24) is 4.98 Å². The summed E-state index contributed by atoms with van der Waals surface area (Å²) in [5.41, 5.74) is 3.36. The van der Waals surface area contributed by atoms with E-state index in [0.717, 1.165) is 21.0 Å². The molecule has 0 saturated heterocycles. The molecule has 2 aromatic rings. The Bertz CT molecular complexity index is 480. The number of benzene rings is 1. The second-order valence-corrected chi connectivity index (χ2v) is 4.60. The number of nitrogens with zero attached hydrogens (tertiary/aromatic N) is 1. The van der Waals surface area contributed by atoms with Gasteiger partial charge in [-0.1, -0.05) is 37.9 Å².